The predicted octanol–water partition coefficient (Wildman–Crippen LogP) is 5.28. The Morgan fingerprint density at radius 3 is 2.77 bits per heavy atom. The van der Waals surface area contributed by atoms with Gasteiger partial charge in [0.2, 0.25) is 5.91 Å². The Bertz CT molecular complexity index is 1180. The molecule has 2 aromatic carbocycles. The molecule has 0 unspecified atom stereocenters. The quantitative estimate of drug-likeness (QED) is 0.557. The van der Waals surface area contributed by atoms with E-state index in [0.29, 0.717) is 6.42 Å². The maximum atomic E-state index is 13.7. The number of benzene rings is 2. The lowest BCUT2D eigenvalue weighted by Crippen LogP contribution is -2.36. The first kappa shape index (κ1) is 19.6. The van der Waals surface area contributed by atoms with Crippen molar-refractivity contribution >= 4 is 28.1 Å². The summed E-state index contributed by atoms with van der Waals surface area (Å²) in [5.74, 6) is 0.0180. The minimum absolute atomic E-state index is 0.217. The summed E-state index contributed by atoms with van der Waals surface area (Å²) in [7, 11) is 0. The third-order valence-corrected chi connectivity index (χ3v) is 6.23. The van der Waals surface area contributed by atoms with Gasteiger partial charge in [0.05, 0.1) is 0 Å². The fourth-order valence-electron chi connectivity index (χ4n) is 4.55. The molecule has 3 heterocycles. The molecule has 2 aliphatic heterocycles. The molecule has 0 spiro atoms. The molecule has 31 heavy (non-hydrogen) atoms. The number of carbonyl (C=O) groups excluding carboxylic acids is 1. The SMILES string of the molecule is O=C1CCc2ccccc2N1CCCCN1C=CC(c2c[nH]c3ccc(F)cc23)=CC1. The summed E-state index contributed by atoms with van der Waals surface area (Å²) >= 11 is 0. The van der Waals surface area contributed by atoms with Crippen LogP contribution in [-0.2, 0) is 11.2 Å². The number of rotatable bonds is 6. The van der Waals surface area contributed by atoms with Gasteiger partial charge in [-0.25, -0.2) is 4.39 Å². The van der Waals surface area contributed by atoms with E-state index in [9.17, 15) is 9.18 Å². The van der Waals surface area contributed by atoms with Gasteiger partial charge in [0, 0.05) is 54.4 Å². The maximum Gasteiger partial charge on any atom is 0.227 e. The zero-order chi connectivity index (χ0) is 21.2. The van der Waals surface area contributed by atoms with Gasteiger partial charge in [0.1, 0.15) is 5.82 Å². The van der Waals surface area contributed by atoms with E-state index in [1.54, 1.807) is 12.1 Å². The molecule has 0 bridgehead atoms. The molecule has 0 aliphatic carbocycles. The first-order valence-corrected chi connectivity index (χ1v) is 11.0. The molecule has 2 aliphatic rings. The van der Waals surface area contributed by atoms with Gasteiger partial charge in [-0.2, -0.15) is 0 Å². The van der Waals surface area contributed by atoms with Crippen molar-refractivity contribution in [1.82, 2.24) is 9.88 Å². The topological polar surface area (TPSA) is 39.3 Å². The summed E-state index contributed by atoms with van der Waals surface area (Å²) in [5.41, 5.74) is 5.45. The number of anilines is 1. The zero-order valence-corrected chi connectivity index (χ0v) is 17.5. The first-order chi connectivity index (χ1) is 15.2. The molecule has 158 valence electrons. The van der Waals surface area contributed by atoms with Crippen LogP contribution in [0.4, 0.5) is 10.1 Å². The number of H-pyrrole nitrogens is 1. The van der Waals surface area contributed by atoms with E-state index < -0.39 is 0 Å². The van der Waals surface area contributed by atoms with Crippen molar-refractivity contribution in [1.29, 1.82) is 0 Å². The highest BCUT2D eigenvalue weighted by Crippen LogP contribution is 2.29. The average Bonchev–Trinajstić information content (AvgIpc) is 3.21. The standard InChI is InChI=1S/C26H26FN3O/c27-21-8-9-24-22(17-21)23(18-28-24)19-11-15-29(16-12-19)13-3-4-14-30-25-6-2-1-5-20(25)7-10-26(30)31/h1-2,5-6,8-9,11-12,15,17-18,28H,3-4,7,10,13-14,16H2. The second kappa shape index (κ2) is 8.42. The summed E-state index contributed by atoms with van der Waals surface area (Å²) < 4.78 is 13.7. The Hall–Kier alpha value is -3.34. The predicted molar refractivity (Wildman–Crippen MR) is 123 cm³/mol. The summed E-state index contributed by atoms with van der Waals surface area (Å²) in [5, 5.41) is 0.913. The molecule has 0 atom stereocenters. The van der Waals surface area contributed by atoms with E-state index in [1.807, 2.05) is 23.2 Å². The van der Waals surface area contributed by atoms with E-state index >= 15 is 0 Å². The number of aromatic amines is 1. The monoisotopic (exact) mass is 415 g/mol. The van der Waals surface area contributed by atoms with Crippen LogP contribution in [0, 0.1) is 5.82 Å². The van der Waals surface area contributed by atoms with E-state index in [2.05, 4.69) is 40.4 Å². The highest BCUT2D eigenvalue weighted by Gasteiger charge is 2.23. The molecule has 0 saturated heterocycles. The van der Waals surface area contributed by atoms with Gasteiger partial charge in [-0.15, -0.1) is 0 Å². The molecule has 5 rings (SSSR count). The van der Waals surface area contributed by atoms with Gasteiger partial charge >= 0.3 is 0 Å². The van der Waals surface area contributed by atoms with Gasteiger partial charge in [-0.05, 0) is 66.9 Å². The molecule has 1 aromatic heterocycles. The highest BCUT2D eigenvalue weighted by molar-refractivity contribution is 5.96. The van der Waals surface area contributed by atoms with Crippen LogP contribution in [0.2, 0.25) is 0 Å². The van der Waals surface area contributed by atoms with E-state index in [0.717, 1.165) is 66.6 Å². The number of fused-ring (bicyclic) bond motifs is 2. The number of aryl methyl sites for hydroxylation is 1. The van der Waals surface area contributed by atoms with Gasteiger partial charge in [0.15, 0.2) is 0 Å². The number of allylic oxidation sites excluding steroid dienone is 2. The van der Waals surface area contributed by atoms with Crippen molar-refractivity contribution < 1.29 is 9.18 Å². The number of aromatic nitrogens is 1. The number of nitrogens with one attached hydrogen (secondary N) is 1. The highest BCUT2D eigenvalue weighted by atomic mass is 19.1. The van der Waals surface area contributed by atoms with Crippen LogP contribution in [0.15, 0.2) is 67.0 Å². The van der Waals surface area contributed by atoms with Crippen molar-refractivity contribution in [2.75, 3.05) is 24.5 Å². The number of para-hydroxylation sites is 1. The van der Waals surface area contributed by atoms with Crippen molar-refractivity contribution in [3.63, 3.8) is 0 Å². The van der Waals surface area contributed by atoms with Gasteiger partial charge in [-0.1, -0.05) is 24.3 Å². The molecular weight excluding hydrogens is 389 g/mol. The van der Waals surface area contributed by atoms with Crippen LogP contribution in [0.1, 0.15) is 30.4 Å². The van der Waals surface area contributed by atoms with Crippen molar-refractivity contribution in [2.45, 2.75) is 25.7 Å². The molecular formula is C26H26FN3O. The number of nitrogens with zero attached hydrogens (tertiary/aromatic N) is 2. The molecule has 1 N–H and O–H groups in total. The minimum Gasteiger partial charge on any atom is -0.374 e. The lowest BCUT2D eigenvalue weighted by molar-refractivity contribution is -0.118. The Kier molecular flexibility index (Phi) is 5.33. The largest absolute Gasteiger partial charge is 0.374 e. The number of hydrogen-bond acceptors (Lipinski definition) is 2. The zero-order valence-electron chi connectivity index (χ0n) is 17.5. The molecule has 1 amide bonds. The van der Waals surface area contributed by atoms with Gasteiger partial charge < -0.3 is 14.8 Å². The molecule has 0 saturated carbocycles. The number of hydrogen-bond donors (Lipinski definition) is 1. The molecule has 0 fully saturated rings. The lowest BCUT2D eigenvalue weighted by Gasteiger charge is -2.30. The fraction of sp³-hybridized carbons (Fsp3) is 0.269. The van der Waals surface area contributed by atoms with Crippen LogP contribution in [-0.4, -0.2) is 35.4 Å². The summed E-state index contributed by atoms with van der Waals surface area (Å²) in [6.45, 7) is 2.56. The minimum atomic E-state index is -0.217. The summed E-state index contributed by atoms with van der Waals surface area (Å²) in [6, 6.07) is 13.1. The lowest BCUT2D eigenvalue weighted by atomic mass is 10.0. The van der Waals surface area contributed by atoms with Crippen LogP contribution < -0.4 is 4.90 Å². The first-order valence-electron chi connectivity index (χ1n) is 11.0. The Balaban J connectivity index is 1.15. The van der Waals surface area contributed by atoms with Gasteiger partial charge in [0.25, 0.3) is 0 Å². The molecule has 4 nitrogen and oxygen atoms in total. The third-order valence-electron chi connectivity index (χ3n) is 6.23. The van der Waals surface area contributed by atoms with E-state index in [4.69, 9.17) is 0 Å². The number of halogens is 1. The van der Waals surface area contributed by atoms with Crippen LogP contribution in [0.5, 0.6) is 0 Å². The van der Waals surface area contributed by atoms with Crippen LogP contribution in [0.25, 0.3) is 16.5 Å². The molecule has 3 aromatic rings. The Morgan fingerprint density at radius 1 is 1.03 bits per heavy atom. The Labute approximate surface area is 181 Å². The maximum absolute atomic E-state index is 13.7. The average molecular weight is 416 g/mol. The van der Waals surface area contributed by atoms with Crippen molar-refractivity contribution in [3.8, 4) is 0 Å². The molecule has 0 radical (unpaired) electrons. The number of unbranched alkanes of at least 4 members (excludes halogenated alkanes) is 1. The van der Waals surface area contributed by atoms with Crippen molar-refractivity contribution in [3.05, 3.63) is 84.0 Å². The van der Waals surface area contributed by atoms with Crippen LogP contribution >= 0.6 is 0 Å². The third kappa shape index (κ3) is 4.00. The fourth-order valence-corrected chi connectivity index (χ4v) is 4.55. The van der Waals surface area contributed by atoms with E-state index in [1.165, 1.54) is 11.6 Å². The number of carbonyl (C=O) groups is 1. The summed E-state index contributed by atoms with van der Waals surface area (Å²) in [4.78, 5) is 19.8. The Morgan fingerprint density at radius 2 is 1.90 bits per heavy atom. The normalized spacial score (nSPS) is 16.0. The van der Waals surface area contributed by atoms with E-state index in [-0.39, 0.29) is 11.7 Å². The second-order valence-corrected chi connectivity index (χ2v) is 8.24. The second-order valence-electron chi connectivity index (χ2n) is 8.24. The van der Waals surface area contributed by atoms with Gasteiger partial charge in [-0.3, -0.25) is 4.79 Å². The number of amides is 1. The smallest absolute Gasteiger partial charge is 0.227 e. The molecule has 5 heteroatoms. The van der Waals surface area contributed by atoms with Crippen LogP contribution in [0.3, 0.4) is 0 Å². The summed E-state index contributed by atoms with van der Waals surface area (Å²) in [6.07, 6.45) is 11.8. The van der Waals surface area contributed by atoms with Crippen molar-refractivity contribution in [2.24, 2.45) is 0 Å².